The molecule has 0 aromatic heterocycles. The van der Waals surface area contributed by atoms with Crippen molar-refractivity contribution in [3.05, 3.63) is 35.4 Å². The summed E-state index contributed by atoms with van der Waals surface area (Å²) in [5.74, 6) is 0.715. The van der Waals surface area contributed by atoms with Crippen LogP contribution in [0.2, 0.25) is 0 Å². The van der Waals surface area contributed by atoms with Crippen LogP contribution in [0.3, 0.4) is 0 Å². The highest BCUT2D eigenvalue weighted by Gasteiger charge is 2.21. The van der Waals surface area contributed by atoms with E-state index in [0.717, 1.165) is 6.61 Å². The lowest BCUT2D eigenvalue weighted by Gasteiger charge is -2.28. The average molecular weight is 233 g/mol. The lowest BCUT2D eigenvalue weighted by atomic mass is 9.88. The van der Waals surface area contributed by atoms with Crippen LogP contribution in [0.5, 0.6) is 0 Å². The molecule has 2 unspecified atom stereocenters. The first-order valence-electron chi connectivity index (χ1n) is 6.69. The summed E-state index contributed by atoms with van der Waals surface area (Å²) in [7, 11) is 0. The van der Waals surface area contributed by atoms with Gasteiger partial charge in [-0.25, -0.2) is 0 Å². The van der Waals surface area contributed by atoms with Crippen molar-refractivity contribution in [3.8, 4) is 0 Å². The van der Waals surface area contributed by atoms with E-state index in [1.807, 2.05) is 0 Å². The van der Waals surface area contributed by atoms with Gasteiger partial charge in [-0.2, -0.15) is 0 Å². The van der Waals surface area contributed by atoms with Crippen molar-refractivity contribution in [2.75, 3.05) is 0 Å². The second-order valence-corrected chi connectivity index (χ2v) is 5.13. The van der Waals surface area contributed by atoms with Gasteiger partial charge in [0.15, 0.2) is 0 Å². The van der Waals surface area contributed by atoms with E-state index in [9.17, 15) is 0 Å². The van der Waals surface area contributed by atoms with E-state index in [1.54, 1.807) is 0 Å². The van der Waals surface area contributed by atoms with Crippen LogP contribution < -0.4 is 5.73 Å². The van der Waals surface area contributed by atoms with Gasteiger partial charge in [0, 0.05) is 6.54 Å². The molecular formula is C15H23NO. The number of benzene rings is 1. The lowest BCUT2D eigenvalue weighted by molar-refractivity contribution is -0.0154. The minimum atomic E-state index is 0.456. The highest BCUT2D eigenvalue weighted by molar-refractivity contribution is 5.21. The summed E-state index contributed by atoms with van der Waals surface area (Å²) in [5, 5.41) is 0. The number of hydrogen-bond donors (Lipinski definition) is 1. The first kappa shape index (κ1) is 12.6. The molecule has 1 aliphatic rings. The van der Waals surface area contributed by atoms with E-state index >= 15 is 0 Å². The quantitative estimate of drug-likeness (QED) is 0.866. The van der Waals surface area contributed by atoms with Crippen molar-refractivity contribution in [2.24, 2.45) is 11.7 Å². The topological polar surface area (TPSA) is 35.2 Å². The molecule has 0 radical (unpaired) electrons. The monoisotopic (exact) mass is 233 g/mol. The molecule has 0 amide bonds. The second kappa shape index (κ2) is 6.18. The highest BCUT2D eigenvalue weighted by atomic mass is 16.5. The molecule has 0 aliphatic heterocycles. The van der Waals surface area contributed by atoms with Crippen LogP contribution in [0.15, 0.2) is 24.3 Å². The molecule has 1 fully saturated rings. The Hall–Kier alpha value is -0.860. The molecule has 2 heteroatoms. The lowest BCUT2D eigenvalue weighted by Crippen LogP contribution is -2.25. The van der Waals surface area contributed by atoms with E-state index in [2.05, 4.69) is 31.2 Å². The Labute approximate surface area is 104 Å². The summed E-state index contributed by atoms with van der Waals surface area (Å²) in [5.41, 5.74) is 8.01. The van der Waals surface area contributed by atoms with Gasteiger partial charge in [-0.15, -0.1) is 0 Å². The molecule has 2 nitrogen and oxygen atoms in total. The number of nitrogens with two attached hydrogens (primary N) is 1. The predicted octanol–water partition coefficient (Wildman–Crippen LogP) is 3.24. The van der Waals surface area contributed by atoms with Crippen LogP contribution in [-0.2, 0) is 17.9 Å². The summed E-state index contributed by atoms with van der Waals surface area (Å²) >= 11 is 0. The third kappa shape index (κ3) is 3.55. The second-order valence-electron chi connectivity index (χ2n) is 5.13. The third-order valence-corrected chi connectivity index (χ3v) is 3.76. The fourth-order valence-electron chi connectivity index (χ4n) is 2.50. The van der Waals surface area contributed by atoms with Crippen molar-refractivity contribution >= 4 is 0 Å². The Balaban J connectivity index is 1.84. The largest absolute Gasteiger partial charge is 0.373 e. The van der Waals surface area contributed by atoms with Gasteiger partial charge in [0.1, 0.15) is 0 Å². The van der Waals surface area contributed by atoms with E-state index in [4.69, 9.17) is 10.5 Å². The van der Waals surface area contributed by atoms with Gasteiger partial charge < -0.3 is 10.5 Å². The van der Waals surface area contributed by atoms with Crippen molar-refractivity contribution < 1.29 is 4.74 Å². The fraction of sp³-hybridized carbons (Fsp3) is 0.600. The first-order chi connectivity index (χ1) is 8.29. The minimum Gasteiger partial charge on any atom is -0.373 e. The van der Waals surface area contributed by atoms with Crippen LogP contribution in [0.1, 0.15) is 43.7 Å². The summed E-state index contributed by atoms with van der Waals surface area (Å²) < 4.78 is 6.02. The molecule has 17 heavy (non-hydrogen) atoms. The Morgan fingerprint density at radius 2 is 1.76 bits per heavy atom. The average Bonchev–Trinajstić information content (AvgIpc) is 2.38. The van der Waals surface area contributed by atoms with E-state index in [-0.39, 0.29) is 0 Å². The maximum Gasteiger partial charge on any atom is 0.0720 e. The minimum absolute atomic E-state index is 0.456. The van der Waals surface area contributed by atoms with Gasteiger partial charge in [-0.05, 0) is 29.9 Å². The Morgan fingerprint density at radius 1 is 1.12 bits per heavy atom. The molecule has 0 bridgehead atoms. The maximum atomic E-state index is 6.02. The predicted molar refractivity (Wildman–Crippen MR) is 70.5 cm³/mol. The normalized spacial score (nSPS) is 24.8. The van der Waals surface area contributed by atoms with Crippen molar-refractivity contribution in [1.29, 1.82) is 0 Å². The fourth-order valence-corrected chi connectivity index (χ4v) is 2.50. The van der Waals surface area contributed by atoms with Gasteiger partial charge in [-0.3, -0.25) is 0 Å². The van der Waals surface area contributed by atoms with Crippen LogP contribution in [0.25, 0.3) is 0 Å². The molecule has 2 atom stereocenters. The van der Waals surface area contributed by atoms with Crippen molar-refractivity contribution in [2.45, 2.75) is 51.9 Å². The van der Waals surface area contributed by atoms with Gasteiger partial charge in [0.2, 0.25) is 0 Å². The SMILES string of the molecule is CC1CCCCC1OCc1ccc(CN)cc1. The first-order valence-corrected chi connectivity index (χ1v) is 6.69. The van der Waals surface area contributed by atoms with Crippen LogP contribution in [0, 0.1) is 5.92 Å². The summed E-state index contributed by atoms with van der Waals surface area (Å²) in [6, 6.07) is 8.41. The van der Waals surface area contributed by atoms with Gasteiger partial charge in [0.25, 0.3) is 0 Å². The Kier molecular flexibility index (Phi) is 4.57. The summed E-state index contributed by atoms with van der Waals surface area (Å²) in [6.45, 7) is 3.65. The Morgan fingerprint density at radius 3 is 2.41 bits per heavy atom. The van der Waals surface area contributed by atoms with Gasteiger partial charge >= 0.3 is 0 Å². The molecule has 0 spiro atoms. The zero-order valence-corrected chi connectivity index (χ0v) is 10.7. The van der Waals surface area contributed by atoms with Gasteiger partial charge in [0.05, 0.1) is 12.7 Å². The standard InChI is InChI=1S/C15H23NO/c1-12-4-2-3-5-15(12)17-11-14-8-6-13(10-16)7-9-14/h6-9,12,15H,2-5,10-11,16H2,1H3. The zero-order valence-electron chi connectivity index (χ0n) is 10.7. The van der Waals surface area contributed by atoms with E-state index < -0.39 is 0 Å². The Bertz CT molecular complexity index is 333. The molecule has 0 heterocycles. The molecule has 94 valence electrons. The third-order valence-electron chi connectivity index (χ3n) is 3.76. The molecule has 1 saturated carbocycles. The molecule has 2 N–H and O–H groups in total. The highest BCUT2D eigenvalue weighted by Crippen LogP contribution is 2.26. The molecule has 1 aromatic carbocycles. The molecule has 0 saturated heterocycles. The molecule has 2 rings (SSSR count). The zero-order chi connectivity index (χ0) is 12.1. The van der Waals surface area contributed by atoms with E-state index in [0.29, 0.717) is 18.6 Å². The van der Waals surface area contributed by atoms with Crippen molar-refractivity contribution in [1.82, 2.24) is 0 Å². The van der Waals surface area contributed by atoms with Crippen LogP contribution >= 0.6 is 0 Å². The number of ether oxygens (including phenoxy) is 1. The smallest absolute Gasteiger partial charge is 0.0720 e. The van der Waals surface area contributed by atoms with Crippen LogP contribution in [0.4, 0.5) is 0 Å². The van der Waals surface area contributed by atoms with Gasteiger partial charge in [-0.1, -0.05) is 44.0 Å². The number of rotatable bonds is 4. The van der Waals surface area contributed by atoms with E-state index in [1.165, 1.54) is 36.8 Å². The number of hydrogen-bond acceptors (Lipinski definition) is 2. The maximum absolute atomic E-state index is 6.02. The molecule has 1 aromatic rings. The summed E-state index contributed by atoms with van der Waals surface area (Å²) in [6.07, 6.45) is 5.68. The summed E-state index contributed by atoms with van der Waals surface area (Å²) in [4.78, 5) is 0. The van der Waals surface area contributed by atoms with Crippen LogP contribution in [-0.4, -0.2) is 6.10 Å². The van der Waals surface area contributed by atoms with Crippen molar-refractivity contribution in [3.63, 3.8) is 0 Å². The molecule has 1 aliphatic carbocycles. The molecular weight excluding hydrogens is 210 g/mol.